The van der Waals surface area contributed by atoms with Crippen molar-refractivity contribution in [3.63, 3.8) is 0 Å². The highest BCUT2D eigenvalue weighted by Crippen LogP contribution is 2.34. The van der Waals surface area contributed by atoms with Crippen molar-refractivity contribution in [2.75, 3.05) is 31.3 Å². The van der Waals surface area contributed by atoms with Crippen LogP contribution in [0, 0.1) is 11.8 Å². The van der Waals surface area contributed by atoms with Gasteiger partial charge in [0.2, 0.25) is 5.91 Å². The zero-order valence-electron chi connectivity index (χ0n) is 27.6. The second-order valence-electron chi connectivity index (χ2n) is 12.6. The predicted octanol–water partition coefficient (Wildman–Crippen LogP) is 3.99. The molecule has 0 bridgehead atoms. The number of benzene rings is 3. The van der Waals surface area contributed by atoms with E-state index in [2.05, 4.69) is 0 Å². The largest absolute Gasteiger partial charge is 0.486 e. The normalized spacial score (nSPS) is 17.9. The van der Waals surface area contributed by atoms with Crippen LogP contribution in [0.5, 0.6) is 11.5 Å². The molecule has 1 unspecified atom stereocenters. The first kappa shape index (κ1) is 36.1. The summed E-state index contributed by atoms with van der Waals surface area (Å²) in [7, 11) is -8.55. The number of likely N-dealkylation sites (tertiary alicyclic amines) is 1. The molecular weight excluding hydrogens is 671 g/mol. The summed E-state index contributed by atoms with van der Waals surface area (Å²) < 4.78 is 72.7. The molecule has 264 valence electrons. The Bertz CT molecular complexity index is 1820. The van der Waals surface area contributed by atoms with E-state index in [1.165, 1.54) is 30.0 Å². The standard InChI is InChI=1S/C35H43N3O9S2/c1-25(20-27-10-5-3-6-11-27)33(36)38(49(43,44)30-15-16-31-32(21-30)46-19-18-45-31)34(39)26(2)23-48(41,42)24-29-14-9-17-37(29)35(40)47-22-28-12-7-4-8-13-28/h3-8,10-13,15-16,21,25-26,29,33H,9,14,17-20,22-24,36H2,1-2H3/t25-,26?,29-,33-/m0/s1. The number of carbonyl (C=O) groups is 2. The smallest absolute Gasteiger partial charge is 0.410 e. The molecule has 0 aliphatic carbocycles. The van der Waals surface area contributed by atoms with Crippen LogP contribution in [0.15, 0.2) is 83.8 Å². The Kier molecular flexibility index (Phi) is 11.5. The number of rotatable bonds is 13. The highest BCUT2D eigenvalue weighted by atomic mass is 32.2. The molecule has 5 rings (SSSR count). The summed E-state index contributed by atoms with van der Waals surface area (Å²) in [6, 6.07) is 21.9. The number of hydrogen-bond donors (Lipinski definition) is 1. The van der Waals surface area contributed by atoms with Crippen molar-refractivity contribution in [1.29, 1.82) is 0 Å². The third-order valence-electron chi connectivity index (χ3n) is 8.73. The summed E-state index contributed by atoms with van der Waals surface area (Å²) >= 11 is 0. The van der Waals surface area contributed by atoms with E-state index < -0.39 is 67.4 Å². The number of sulfone groups is 1. The summed E-state index contributed by atoms with van der Waals surface area (Å²) in [5, 5.41) is 0. The maximum atomic E-state index is 14.2. The average Bonchev–Trinajstić information content (AvgIpc) is 3.54. The zero-order valence-corrected chi connectivity index (χ0v) is 29.3. The van der Waals surface area contributed by atoms with E-state index in [4.69, 9.17) is 19.9 Å². The van der Waals surface area contributed by atoms with Crippen molar-refractivity contribution in [3.8, 4) is 11.5 Å². The number of hydrogen-bond acceptors (Lipinski definition) is 10. The number of carbonyl (C=O) groups excluding carboxylic acids is 2. The lowest BCUT2D eigenvalue weighted by Gasteiger charge is -2.34. The number of nitrogens with two attached hydrogens (primary N) is 1. The van der Waals surface area contributed by atoms with Gasteiger partial charge in [-0.2, -0.15) is 0 Å². The molecule has 14 heteroatoms. The number of sulfonamides is 1. The molecule has 2 aliphatic rings. The van der Waals surface area contributed by atoms with Crippen LogP contribution in [-0.2, 0) is 42.4 Å². The van der Waals surface area contributed by atoms with E-state index in [0.29, 0.717) is 42.5 Å². The van der Waals surface area contributed by atoms with Gasteiger partial charge in [-0.05, 0) is 48.4 Å². The van der Waals surface area contributed by atoms with Gasteiger partial charge in [0.1, 0.15) is 19.8 Å². The molecule has 49 heavy (non-hydrogen) atoms. The lowest BCUT2D eigenvalue weighted by atomic mass is 9.98. The van der Waals surface area contributed by atoms with Gasteiger partial charge in [0.25, 0.3) is 10.0 Å². The van der Waals surface area contributed by atoms with E-state index in [1.807, 2.05) is 60.7 Å². The van der Waals surface area contributed by atoms with Crippen LogP contribution in [0.1, 0.15) is 37.8 Å². The molecule has 12 nitrogen and oxygen atoms in total. The van der Waals surface area contributed by atoms with E-state index >= 15 is 0 Å². The van der Waals surface area contributed by atoms with Crippen molar-refractivity contribution >= 4 is 31.9 Å². The average molecular weight is 714 g/mol. The van der Waals surface area contributed by atoms with Gasteiger partial charge in [-0.15, -0.1) is 0 Å². The van der Waals surface area contributed by atoms with Crippen molar-refractivity contribution in [2.24, 2.45) is 17.6 Å². The van der Waals surface area contributed by atoms with Crippen molar-refractivity contribution in [1.82, 2.24) is 9.21 Å². The summed E-state index contributed by atoms with van der Waals surface area (Å²) in [5.41, 5.74) is 8.29. The van der Waals surface area contributed by atoms with Crippen molar-refractivity contribution < 1.29 is 40.6 Å². The van der Waals surface area contributed by atoms with Crippen LogP contribution < -0.4 is 15.2 Å². The molecule has 1 fully saturated rings. The fourth-order valence-corrected chi connectivity index (χ4v) is 9.78. The van der Waals surface area contributed by atoms with Crippen LogP contribution >= 0.6 is 0 Å². The van der Waals surface area contributed by atoms with Gasteiger partial charge >= 0.3 is 6.09 Å². The fraction of sp³-hybridized carbons (Fsp3) is 0.429. The first-order chi connectivity index (χ1) is 23.4. The van der Waals surface area contributed by atoms with Crippen LogP contribution in [0.25, 0.3) is 0 Å². The summed E-state index contributed by atoms with van der Waals surface area (Å²) in [6.45, 7) is 4.05. The Morgan fingerprint density at radius 1 is 0.918 bits per heavy atom. The number of fused-ring (bicyclic) bond motifs is 1. The van der Waals surface area contributed by atoms with Gasteiger partial charge in [-0.3, -0.25) is 4.79 Å². The van der Waals surface area contributed by atoms with E-state index in [1.54, 1.807) is 6.92 Å². The molecule has 2 heterocycles. The lowest BCUT2D eigenvalue weighted by Crippen LogP contribution is -2.55. The predicted molar refractivity (Wildman–Crippen MR) is 183 cm³/mol. The fourth-order valence-electron chi connectivity index (χ4n) is 6.14. The maximum absolute atomic E-state index is 14.2. The van der Waals surface area contributed by atoms with E-state index in [9.17, 15) is 26.4 Å². The third-order valence-corrected chi connectivity index (χ3v) is 12.4. The van der Waals surface area contributed by atoms with Gasteiger partial charge in [0, 0.05) is 18.7 Å². The number of ether oxygens (including phenoxy) is 3. The Hall–Kier alpha value is -4.14. The minimum absolute atomic E-state index is 0.0534. The Morgan fingerprint density at radius 2 is 1.55 bits per heavy atom. The highest BCUT2D eigenvalue weighted by Gasteiger charge is 2.41. The number of nitrogens with zero attached hydrogens (tertiary/aromatic N) is 2. The molecule has 1 saturated heterocycles. The first-order valence-electron chi connectivity index (χ1n) is 16.3. The third kappa shape index (κ3) is 8.91. The Balaban J connectivity index is 1.33. The van der Waals surface area contributed by atoms with Gasteiger partial charge in [-0.1, -0.05) is 74.5 Å². The Labute approximate surface area is 288 Å². The molecule has 0 spiro atoms. The summed E-state index contributed by atoms with van der Waals surface area (Å²) in [6.07, 6.45) is -0.506. The summed E-state index contributed by atoms with van der Waals surface area (Å²) in [5.74, 6) is -3.20. The van der Waals surface area contributed by atoms with Gasteiger partial charge < -0.3 is 24.8 Å². The molecule has 0 radical (unpaired) electrons. The first-order valence-corrected chi connectivity index (χ1v) is 19.6. The lowest BCUT2D eigenvalue weighted by molar-refractivity contribution is -0.131. The van der Waals surface area contributed by atoms with Crippen LogP contribution in [0.2, 0.25) is 0 Å². The molecule has 3 aromatic carbocycles. The summed E-state index contributed by atoms with van der Waals surface area (Å²) in [4.78, 5) is 28.2. The number of amides is 2. The van der Waals surface area contributed by atoms with Gasteiger partial charge in [-0.25, -0.2) is 25.9 Å². The highest BCUT2D eigenvalue weighted by molar-refractivity contribution is 7.91. The molecule has 4 atom stereocenters. The molecule has 2 N–H and O–H groups in total. The van der Waals surface area contributed by atoms with Crippen LogP contribution in [0.4, 0.5) is 4.79 Å². The van der Waals surface area contributed by atoms with Gasteiger partial charge in [0.05, 0.1) is 28.5 Å². The topological polar surface area (TPSA) is 163 Å². The maximum Gasteiger partial charge on any atom is 0.410 e. The Morgan fingerprint density at radius 3 is 2.22 bits per heavy atom. The monoisotopic (exact) mass is 713 g/mol. The molecule has 2 amide bonds. The minimum Gasteiger partial charge on any atom is -0.486 e. The second-order valence-corrected chi connectivity index (χ2v) is 16.6. The molecule has 0 aromatic heterocycles. The van der Waals surface area contributed by atoms with Gasteiger partial charge in [0.15, 0.2) is 21.3 Å². The van der Waals surface area contributed by atoms with Crippen molar-refractivity contribution in [3.05, 3.63) is 90.0 Å². The van der Waals surface area contributed by atoms with E-state index in [0.717, 1.165) is 11.1 Å². The SMILES string of the molecule is CC(CS(=O)(=O)C[C@@H]1CCCN1C(=O)OCc1ccccc1)C(=O)N([C@H](N)[C@@H](C)Cc1ccccc1)S(=O)(=O)c1ccc2c(c1)OCCO2. The van der Waals surface area contributed by atoms with Crippen LogP contribution in [-0.4, -0.2) is 81.5 Å². The quantitative estimate of drug-likeness (QED) is 0.256. The van der Waals surface area contributed by atoms with E-state index in [-0.39, 0.29) is 23.9 Å². The minimum atomic E-state index is -4.58. The molecule has 2 aliphatic heterocycles. The zero-order chi connectivity index (χ0) is 35.2. The molecule has 0 saturated carbocycles. The molecular formula is C35H43N3O9S2. The van der Waals surface area contributed by atoms with Crippen LogP contribution in [0.3, 0.4) is 0 Å². The van der Waals surface area contributed by atoms with Crippen molar-refractivity contribution in [2.45, 2.75) is 56.8 Å². The molecule has 3 aromatic rings. The second kappa shape index (κ2) is 15.6.